The van der Waals surface area contributed by atoms with Crippen molar-refractivity contribution in [3.05, 3.63) is 29.2 Å². The Balaban J connectivity index is 1.54. The van der Waals surface area contributed by atoms with Crippen molar-refractivity contribution in [3.63, 3.8) is 0 Å². The molecule has 3 rings (SSSR count). The maximum Gasteiger partial charge on any atom is 0.407 e. The number of rotatable bonds is 8. The van der Waals surface area contributed by atoms with Crippen molar-refractivity contribution in [1.29, 1.82) is 0 Å². The zero-order valence-electron chi connectivity index (χ0n) is 17.9. The second-order valence-electron chi connectivity index (χ2n) is 7.73. The molecule has 0 bridgehead atoms. The number of amides is 2. The van der Waals surface area contributed by atoms with Crippen LogP contribution in [0.2, 0.25) is 0 Å². The molecule has 0 saturated heterocycles. The summed E-state index contributed by atoms with van der Waals surface area (Å²) in [5, 5.41) is 17.1. The molecule has 1 unspecified atom stereocenters. The Morgan fingerprint density at radius 2 is 2.17 bits per heavy atom. The summed E-state index contributed by atoms with van der Waals surface area (Å²) < 4.78 is 12.1. The van der Waals surface area contributed by atoms with E-state index in [9.17, 15) is 9.59 Å². The lowest BCUT2D eigenvalue weighted by atomic mass is 10.0. The van der Waals surface area contributed by atoms with Crippen LogP contribution < -0.4 is 10.6 Å². The molecule has 30 heavy (non-hydrogen) atoms. The third-order valence-corrected chi connectivity index (χ3v) is 5.37. The monoisotopic (exact) mass is 418 g/mol. The molecule has 1 saturated carbocycles. The number of hydrogen-bond donors (Lipinski definition) is 3. The molecule has 1 fully saturated rings. The lowest BCUT2D eigenvalue weighted by molar-refractivity contribution is 0.0972. The number of methoxy groups -OCH3 is 1. The van der Waals surface area contributed by atoms with E-state index in [0.717, 1.165) is 31.4 Å². The van der Waals surface area contributed by atoms with Crippen LogP contribution in [0.5, 0.6) is 0 Å². The highest BCUT2D eigenvalue weighted by atomic mass is 16.6. The number of carbonyl (C=O) groups is 2. The lowest BCUT2D eigenvalue weighted by Gasteiger charge is -2.16. The van der Waals surface area contributed by atoms with Gasteiger partial charge in [0.15, 0.2) is 5.82 Å². The molecule has 164 valence electrons. The minimum absolute atomic E-state index is 0.0958. The van der Waals surface area contributed by atoms with E-state index in [2.05, 4.69) is 25.9 Å². The number of aryl methyl sites for hydroxylation is 1. The summed E-state index contributed by atoms with van der Waals surface area (Å²) in [4.78, 5) is 24.5. The van der Waals surface area contributed by atoms with E-state index >= 15 is 0 Å². The molecule has 0 aliphatic heterocycles. The van der Waals surface area contributed by atoms with Gasteiger partial charge in [-0.25, -0.2) is 4.79 Å². The predicted molar refractivity (Wildman–Crippen MR) is 110 cm³/mol. The summed E-state index contributed by atoms with van der Waals surface area (Å²) >= 11 is 0. The summed E-state index contributed by atoms with van der Waals surface area (Å²) in [5.41, 5.74) is 2.03. The van der Waals surface area contributed by atoms with Crippen molar-refractivity contribution in [2.75, 3.05) is 12.4 Å². The molecule has 2 heterocycles. The second kappa shape index (κ2) is 9.75. The van der Waals surface area contributed by atoms with Crippen molar-refractivity contribution in [2.45, 2.75) is 64.2 Å². The molecule has 2 aromatic heterocycles. The van der Waals surface area contributed by atoms with Crippen LogP contribution in [0.3, 0.4) is 0 Å². The van der Waals surface area contributed by atoms with Gasteiger partial charge in [0.2, 0.25) is 0 Å². The summed E-state index contributed by atoms with van der Waals surface area (Å²) in [6, 6.07) is 3.62. The van der Waals surface area contributed by atoms with Crippen molar-refractivity contribution < 1.29 is 19.1 Å². The van der Waals surface area contributed by atoms with Crippen LogP contribution in [0.25, 0.3) is 0 Å². The zero-order valence-corrected chi connectivity index (χ0v) is 17.9. The molecule has 2 amide bonds. The summed E-state index contributed by atoms with van der Waals surface area (Å²) in [7, 11) is 3.29. The van der Waals surface area contributed by atoms with Gasteiger partial charge < -0.3 is 20.1 Å². The first kappa shape index (κ1) is 21.8. The SMILES string of the molecule is CCC(C)NC(=O)O[C@@H]1CC[C@H](c2cc(NC(=O)c3cc(COC)nn3C)n[nH]2)C1. The molecule has 0 aromatic carbocycles. The number of ether oxygens (including phenoxy) is 2. The fraction of sp³-hybridized carbons (Fsp3) is 0.600. The van der Waals surface area contributed by atoms with Crippen LogP contribution in [-0.4, -0.2) is 51.2 Å². The number of aromatic nitrogens is 4. The number of hydrogen-bond acceptors (Lipinski definition) is 6. The van der Waals surface area contributed by atoms with E-state index in [1.54, 1.807) is 20.2 Å². The Hall–Kier alpha value is -2.88. The van der Waals surface area contributed by atoms with Crippen LogP contribution in [0.4, 0.5) is 10.6 Å². The fourth-order valence-corrected chi connectivity index (χ4v) is 3.57. The molecule has 0 spiro atoms. The van der Waals surface area contributed by atoms with Crippen LogP contribution in [-0.2, 0) is 23.1 Å². The summed E-state index contributed by atoms with van der Waals surface area (Å²) in [6.07, 6.45) is 2.80. The van der Waals surface area contributed by atoms with E-state index in [-0.39, 0.29) is 30.1 Å². The maximum atomic E-state index is 12.5. The van der Waals surface area contributed by atoms with Crippen molar-refractivity contribution in [2.24, 2.45) is 7.05 Å². The Bertz CT molecular complexity index is 877. The predicted octanol–water partition coefficient (Wildman–Crippen LogP) is 2.70. The van der Waals surface area contributed by atoms with E-state index in [1.807, 2.05) is 19.9 Å². The average molecular weight is 418 g/mol. The Morgan fingerprint density at radius 1 is 1.37 bits per heavy atom. The van der Waals surface area contributed by atoms with Crippen LogP contribution >= 0.6 is 0 Å². The number of H-pyrrole nitrogens is 1. The number of nitrogens with zero attached hydrogens (tertiary/aromatic N) is 3. The van der Waals surface area contributed by atoms with Crippen LogP contribution in [0.1, 0.15) is 67.3 Å². The molecule has 1 aliphatic rings. The molecule has 0 radical (unpaired) electrons. The molecule has 10 heteroatoms. The topological polar surface area (TPSA) is 123 Å². The third-order valence-electron chi connectivity index (χ3n) is 5.37. The minimum Gasteiger partial charge on any atom is -0.446 e. The van der Waals surface area contributed by atoms with Crippen LogP contribution in [0, 0.1) is 0 Å². The van der Waals surface area contributed by atoms with E-state index in [4.69, 9.17) is 9.47 Å². The first-order valence-electron chi connectivity index (χ1n) is 10.2. The molecule has 1 aliphatic carbocycles. The highest BCUT2D eigenvalue weighted by molar-refractivity contribution is 6.02. The smallest absolute Gasteiger partial charge is 0.407 e. The van der Waals surface area contributed by atoms with Gasteiger partial charge in [-0.1, -0.05) is 6.92 Å². The first-order valence-corrected chi connectivity index (χ1v) is 10.2. The molecule has 3 atom stereocenters. The van der Waals surface area contributed by atoms with Gasteiger partial charge in [0.1, 0.15) is 11.8 Å². The number of anilines is 1. The van der Waals surface area contributed by atoms with E-state index in [0.29, 0.717) is 23.8 Å². The average Bonchev–Trinajstić information content (AvgIpc) is 3.42. The largest absolute Gasteiger partial charge is 0.446 e. The zero-order chi connectivity index (χ0) is 21.7. The third kappa shape index (κ3) is 5.38. The highest BCUT2D eigenvalue weighted by Crippen LogP contribution is 2.35. The van der Waals surface area contributed by atoms with Gasteiger partial charge in [0.25, 0.3) is 5.91 Å². The van der Waals surface area contributed by atoms with Gasteiger partial charge in [-0.2, -0.15) is 10.2 Å². The van der Waals surface area contributed by atoms with Gasteiger partial charge >= 0.3 is 6.09 Å². The lowest BCUT2D eigenvalue weighted by Crippen LogP contribution is -2.34. The van der Waals surface area contributed by atoms with E-state index in [1.165, 1.54) is 4.68 Å². The van der Waals surface area contributed by atoms with Gasteiger partial charge in [-0.05, 0) is 38.7 Å². The van der Waals surface area contributed by atoms with Crippen molar-refractivity contribution in [1.82, 2.24) is 25.3 Å². The van der Waals surface area contributed by atoms with Gasteiger partial charge in [0.05, 0.1) is 12.3 Å². The normalized spacial score (nSPS) is 19.5. The fourth-order valence-electron chi connectivity index (χ4n) is 3.57. The molecule has 10 nitrogen and oxygen atoms in total. The van der Waals surface area contributed by atoms with E-state index < -0.39 is 0 Å². The Morgan fingerprint density at radius 3 is 2.90 bits per heavy atom. The molecule has 2 aromatic rings. The maximum absolute atomic E-state index is 12.5. The number of alkyl carbamates (subject to hydrolysis) is 1. The quantitative estimate of drug-likeness (QED) is 0.606. The van der Waals surface area contributed by atoms with Crippen LogP contribution in [0.15, 0.2) is 12.1 Å². The number of aromatic amines is 1. The van der Waals surface area contributed by atoms with Crippen molar-refractivity contribution >= 4 is 17.8 Å². The van der Waals surface area contributed by atoms with Gasteiger partial charge in [0, 0.05) is 37.9 Å². The molecular formula is C20H30N6O4. The highest BCUT2D eigenvalue weighted by Gasteiger charge is 2.30. The number of carbonyl (C=O) groups excluding carboxylic acids is 2. The Kier molecular flexibility index (Phi) is 7.09. The van der Waals surface area contributed by atoms with Crippen molar-refractivity contribution in [3.8, 4) is 0 Å². The standard InChI is InChI=1S/C20H30N6O4/c1-5-12(2)21-20(28)30-15-7-6-13(8-15)16-10-18(24-23-16)22-19(27)17-9-14(11-29-4)25-26(17)3/h9-10,12-13,15H,5-8,11H2,1-4H3,(H,21,28)(H2,22,23,24,27)/t12?,13-,15+/m0/s1. The first-order chi connectivity index (χ1) is 14.4. The van der Waals surface area contributed by atoms with Gasteiger partial charge in [-0.15, -0.1) is 0 Å². The second-order valence-corrected chi connectivity index (χ2v) is 7.73. The molecule has 3 N–H and O–H groups in total. The summed E-state index contributed by atoms with van der Waals surface area (Å²) in [6.45, 7) is 4.30. The van der Waals surface area contributed by atoms with Gasteiger partial charge in [-0.3, -0.25) is 14.6 Å². The minimum atomic E-state index is -0.364. The number of nitrogens with one attached hydrogen (secondary N) is 3. The summed E-state index contributed by atoms with van der Waals surface area (Å²) in [5.74, 6) is 0.359. The molecular weight excluding hydrogens is 388 g/mol. The Labute approximate surface area is 175 Å².